The van der Waals surface area contributed by atoms with E-state index in [9.17, 15) is 0 Å². The normalized spacial score (nSPS) is 27.5. The van der Waals surface area contributed by atoms with Crippen LogP contribution >= 0.6 is 11.3 Å². The molecule has 1 aromatic rings. The fraction of sp³-hybridized carbons (Fsp3) is 0.812. The molecule has 118 valence electrons. The van der Waals surface area contributed by atoms with E-state index < -0.39 is 0 Å². The number of ether oxygens (including phenoxy) is 1. The van der Waals surface area contributed by atoms with Crippen molar-refractivity contribution in [3.63, 3.8) is 0 Å². The van der Waals surface area contributed by atoms with Gasteiger partial charge in [-0.2, -0.15) is 0 Å². The van der Waals surface area contributed by atoms with E-state index in [1.807, 2.05) is 11.3 Å². The van der Waals surface area contributed by atoms with Gasteiger partial charge in [0, 0.05) is 24.0 Å². The predicted molar refractivity (Wildman–Crippen MR) is 88.3 cm³/mol. The van der Waals surface area contributed by atoms with Crippen LogP contribution in [0.2, 0.25) is 0 Å². The Labute approximate surface area is 131 Å². The van der Waals surface area contributed by atoms with Crippen molar-refractivity contribution in [2.45, 2.75) is 52.2 Å². The molecule has 5 heteroatoms. The van der Waals surface area contributed by atoms with Gasteiger partial charge in [0.25, 0.3) is 0 Å². The first-order valence-electron chi connectivity index (χ1n) is 7.85. The molecule has 0 amide bonds. The lowest BCUT2D eigenvalue weighted by Crippen LogP contribution is -2.48. The molecular weight excluding hydrogens is 282 g/mol. The predicted octanol–water partition coefficient (Wildman–Crippen LogP) is 2.99. The SMILES string of the molecule is CNC1CC(C)(C)Cc2nc(N3CCOC(C)(C)C3)sc21. The third-order valence-corrected chi connectivity index (χ3v) is 5.75. The Morgan fingerprint density at radius 2 is 2.10 bits per heavy atom. The fourth-order valence-electron chi connectivity index (χ4n) is 3.47. The number of aromatic nitrogens is 1. The number of hydrogen-bond acceptors (Lipinski definition) is 5. The molecule has 1 N–H and O–H groups in total. The monoisotopic (exact) mass is 309 g/mol. The van der Waals surface area contributed by atoms with E-state index in [4.69, 9.17) is 9.72 Å². The maximum atomic E-state index is 5.82. The van der Waals surface area contributed by atoms with Gasteiger partial charge in [-0.1, -0.05) is 25.2 Å². The van der Waals surface area contributed by atoms with Gasteiger partial charge >= 0.3 is 0 Å². The van der Waals surface area contributed by atoms with Crippen molar-refractivity contribution in [1.29, 1.82) is 0 Å². The smallest absolute Gasteiger partial charge is 0.186 e. The lowest BCUT2D eigenvalue weighted by Gasteiger charge is -2.38. The molecule has 1 aliphatic heterocycles. The average Bonchev–Trinajstić information content (AvgIpc) is 2.78. The number of rotatable bonds is 2. The van der Waals surface area contributed by atoms with Crippen LogP contribution in [0, 0.1) is 5.41 Å². The molecule has 2 aliphatic rings. The Bertz CT molecular complexity index is 524. The molecule has 0 radical (unpaired) electrons. The lowest BCUT2D eigenvalue weighted by atomic mass is 9.76. The Morgan fingerprint density at radius 1 is 1.33 bits per heavy atom. The first-order chi connectivity index (χ1) is 9.80. The van der Waals surface area contributed by atoms with Crippen LogP contribution in [0.15, 0.2) is 0 Å². The van der Waals surface area contributed by atoms with E-state index in [1.54, 1.807) is 0 Å². The zero-order valence-corrected chi connectivity index (χ0v) is 14.6. The highest BCUT2D eigenvalue weighted by molar-refractivity contribution is 7.15. The molecule has 1 aromatic heterocycles. The Kier molecular flexibility index (Phi) is 3.79. The maximum absolute atomic E-state index is 5.82. The Balaban J connectivity index is 1.88. The van der Waals surface area contributed by atoms with Crippen molar-refractivity contribution >= 4 is 16.5 Å². The molecule has 0 saturated carbocycles. The summed E-state index contributed by atoms with van der Waals surface area (Å²) < 4.78 is 5.82. The van der Waals surface area contributed by atoms with Crippen LogP contribution < -0.4 is 10.2 Å². The molecule has 0 aromatic carbocycles. The Hall–Kier alpha value is -0.650. The highest BCUT2D eigenvalue weighted by Crippen LogP contribution is 2.44. The van der Waals surface area contributed by atoms with Crippen molar-refractivity contribution < 1.29 is 4.74 Å². The summed E-state index contributed by atoms with van der Waals surface area (Å²) in [4.78, 5) is 8.82. The van der Waals surface area contributed by atoms with Gasteiger partial charge in [-0.05, 0) is 39.2 Å². The van der Waals surface area contributed by atoms with Crippen LogP contribution in [-0.4, -0.2) is 37.3 Å². The Morgan fingerprint density at radius 3 is 2.76 bits per heavy atom. The molecule has 3 rings (SSSR count). The largest absolute Gasteiger partial charge is 0.372 e. The number of nitrogens with zero attached hydrogens (tertiary/aromatic N) is 2. The molecule has 0 spiro atoms. The van der Waals surface area contributed by atoms with E-state index in [1.165, 1.54) is 22.1 Å². The van der Waals surface area contributed by atoms with Crippen molar-refractivity contribution in [2.24, 2.45) is 5.41 Å². The molecule has 1 aliphatic carbocycles. The van der Waals surface area contributed by atoms with Crippen molar-refractivity contribution in [2.75, 3.05) is 31.6 Å². The van der Waals surface area contributed by atoms with Crippen LogP contribution in [0.5, 0.6) is 0 Å². The van der Waals surface area contributed by atoms with E-state index in [0.29, 0.717) is 11.5 Å². The number of morpholine rings is 1. The van der Waals surface area contributed by atoms with E-state index in [-0.39, 0.29) is 5.60 Å². The molecule has 1 unspecified atom stereocenters. The van der Waals surface area contributed by atoms with Crippen LogP contribution in [0.25, 0.3) is 0 Å². The maximum Gasteiger partial charge on any atom is 0.186 e. The fourth-order valence-corrected chi connectivity index (χ4v) is 4.68. The standard InChI is InChI=1S/C16H27N3OS/c1-15(2)8-11(17-5)13-12(9-15)18-14(21-13)19-6-7-20-16(3,4)10-19/h11,17H,6-10H2,1-5H3. The minimum atomic E-state index is -0.0773. The topological polar surface area (TPSA) is 37.4 Å². The molecule has 2 heterocycles. The van der Waals surface area contributed by atoms with Gasteiger partial charge in [-0.15, -0.1) is 0 Å². The van der Waals surface area contributed by atoms with Gasteiger partial charge in [0.1, 0.15) is 0 Å². The molecule has 4 nitrogen and oxygen atoms in total. The van der Waals surface area contributed by atoms with Gasteiger partial charge in [0.05, 0.1) is 17.9 Å². The summed E-state index contributed by atoms with van der Waals surface area (Å²) in [5.74, 6) is 0. The summed E-state index contributed by atoms with van der Waals surface area (Å²) in [5, 5.41) is 4.65. The van der Waals surface area contributed by atoms with Crippen molar-refractivity contribution in [1.82, 2.24) is 10.3 Å². The molecule has 21 heavy (non-hydrogen) atoms. The molecule has 0 bridgehead atoms. The van der Waals surface area contributed by atoms with Crippen LogP contribution in [-0.2, 0) is 11.2 Å². The minimum absolute atomic E-state index is 0.0773. The second-order valence-electron chi connectivity index (χ2n) is 7.72. The van der Waals surface area contributed by atoms with Crippen molar-refractivity contribution in [3.05, 3.63) is 10.6 Å². The average molecular weight is 309 g/mol. The van der Waals surface area contributed by atoms with Gasteiger partial charge in [-0.25, -0.2) is 4.98 Å². The number of anilines is 1. The summed E-state index contributed by atoms with van der Waals surface area (Å²) in [6, 6.07) is 0.448. The molecular formula is C16H27N3OS. The quantitative estimate of drug-likeness (QED) is 0.911. The number of hydrogen-bond donors (Lipinski definition) is 1. The number of fused-ring (bicyclic) bond motifs is 1. The summed E-state index contributed by atoms with van der Waals surface area (Å²) in [5.41, 5.74) is 1.55. The zero-order chi connectivity index (χ0) is 15.3. The summed E-state index contributed by atoms with van der Waals surface area (Å²) in [6.07, 6.45) is 2.28. The minimum Gasteiger partial charge on any atom is -0.372 e. The van der Waals surface area contributed by atoms with Crippen molar-refractivity contribution in [3.8, 4) is 0 Å². The first-order valence-corrected chi connectivity index (χ1v) is 8.67. The summed E-state index contributed by atoms with van der Waals surface area (Å²) in [7, 11) is 2.06. The highest BCUT2D eigenvalue weighted by Gasteiger charge is 2.36. The van der Waals surface area contributed by atoms with Crippen LogP contribution in [0.3, 0.4) is 0 Å². The lowest BCUT2D eigenvalue weighted by molar-refractivity contribution is -0.0277. The highest BCUT2D eigenvalue weighted by atomic mass is 32.1. The summed E-state index contributed by atoms with van der Waals surface area (Å²) >= 11 is 1.87. The second kappa shape index (κ2) is 5.21. The number of nitrogens with one attached hydrogen (secondary N) is 1. The van der Waals surface area contributed by atoms with Crippen LogP contribution in [0.1, 0.15) is 50.7 Å². The zero-order valence-electron chi connectivity index (χ0n) is 13.8. The van der Waals surface area contributed by atoms with E-state index in [0.717, 1.165) is 26.1 Å². The van der Waals surface area contributed by atoms with Gasteiger partial charge < -0.3 is 15.0 Å². The van der Waals surface area contributed by atoms with E-state index in [2.05, 4.69) is 45.0 Å². The summed E-state index contributed by atoms with van der Waals surface area (Å²) in [6.45, 7) is 11.7. The first kappa shape index (κ1) is 15.3. The molecule has 1 atom stereocenters. The second-order valence-corrected chi connectivity index (χ2v) is 8.73. The molecule has 1 saturated heterocycles. The molecule has 1 fully saturated rings. The van der Waals surface area contributed by atoms with Gasteiger partial charge in [0.15, 0.2) is 5.13 Å². The third-order valence-electron chi connectivity index (χ3n) is 4.48. The van der Waals surface area contributed by atoms with Gasteiger partial charge in [-0.3, -0.25) is 0 Å². The van der Waals surface area contributed by atoms with Crippen LogP contribution in [0.4, 0.5) is 5.13 Å². The van der Waals surface area contributed by atoms with Gasteiger partial charge in [0.2, 0.25) is 0 Å². The van der Waals surface area contributed by atoms with E-state index >= 15 is 0 Å². The third kappa shape index (κ3) is 3.10. The number of thiazole rings is 1.